The van der Waals surface area contributed by atoms with Gasteiger partial charge in [0.2, 0.25) is 0 Å². The van der Waals surface area contributed by atoms with Gasteiger partial charge in [0.15, 0.2) is 0 Å². The van der Waals surface area contributed by atoms with Crippen molar-refractivity contribution < 1.29 is 32.6 Å². The smallest absolute Gasteiger partial charge is 0.479 e. The van der Waals surface area contributed by atoms with Crippen molar-refractivity contribution in [2.45, 2.75) is 45.0 Å². The zero-order valence-corrected chi connectivity index (χ0v) is 16.0. The van der Waals surface area contributed by atoms with Crippen LogP contribution in [0.4, 0.5) is 18.9 Å². The SMILES string of the molecule is C#CC(=O)N(c1ccc(OC(F)(F)F)c(Cl)c1)C1(C(=O)O)CCC(C)C(C)C1. The number of rotatable bonds is 4. The number of carbonyl (C=O) groups excluding carboxylic acids is 1. The highest BCUT2D eigenvalue weighted by Crippen LogP contribution is 2.43. The number of alkyl halides is 3. The molecule has 1 N–H and O–H groups in total. The lowest BCUT2D eigenvalue weighted by atomic mass is 9.70. The molecule has 0 aliphatic heterocycles. The average Bonchev–Trinajstić information content (AvgIpc) is 2.59. The Morgan fingerprint density at radius 1 is 1.36 bits per heavy atom. The highest BCUT2D eigenvalue weighted by atomic mass is 35.5. The highest BCUT2D eigenvalue weighted by Gasteiger charge is 2.51. The zero-order chi connectivity index (χ0) is 21.3. The molecule has 2 rings (SSSR count). The Balaban J connectivity index is 2.55. The third-order valence-electron chi connectivity index (χ3n) is 5.20. The molecule has 3 unspecified atom stereocenters. The van der Waals surface area contributed by atoms with Gasteiger partial charge in [0.1, 0.15) is 11.3 Å². The van der Waals surface area contributed by atoms with Gasteiger partial charge in [-0.1, -0.05) is 25.4 Å². The fourth-order valence-electron chi connectivity index (χ4n) is 3.54. The first-order valence-corrected chi connectivity index (χ1v) is 8.88. The van der Waals surface area contributed by atoms with Gasteiger partial charge in [0, 0.05) is 5.69 Å². The van der Waals surface area contributed by atoms with Crippen molar-refractivity contribution in [3.63, 3.8) is 0 Å². The van der Waals surface area contributed by atoms with Gasteiger partial charge in [-0.05, 0) is 55.2 Å². The summed E-state index contributed by atoms with van der Waals surface area (Å²) in [4.78, 5) is 25.7. The molecule has 1 aromatic carbocycles. The Morgan fingerprint density at radius 2 is 2.00 bits per heavy atom. The predicted octanol–water partition coefficient (Wildman–Crippen LogP) is 4.48. The van der Waals surface area contributed by atoms with E-state index in [1.54, 1.807) is 0 Å². The van der Waals surface area contributed by atoms with Crippen LogP contribution < -0.4 is 9.64 Å². The lowest BCUT2D eigenvalue weighted by molar-refractivity contribution is -0.274. The molecule has 1 aromatic rings. The van der Waals surface area contributed by atoms with Crippen LogP contribution in [0.2, 0.25) is 5.02 Å². The van der Waals surface area contributed by atoms with E-state index < -0.39 is 34.5 Å². The minimum Gasteiger partial charge on any atom is -0.479 e. The van der Waals surface area contributed by atoms with Gasteiger partial charge in [0.05, 0.1) is 5.02 Å². The van der Waals surface area contributed by atoms with Crippen LogP contribution >= 0.6 is 11.6 Å². The normalized spacial score (nSPS) is 24.9. The molecule has 3 atom stereocenters. The van der Waals surface area contributed by atoms with E-state index in [2.05, 4.69) is 4.74 Å². The first-order chi connectivity index (χ1) is 12.9. The third kappa shape index (κ3) is 4.36. The minimum absolute atomic E-state index is 0.00775. The number of benzene rings is 1. The third-order valence-corrected chi connectivity index (χ3v) is 5.49. The van der Waals surface area contributed by atoms with Crippen molar-refractivity contribution in [1.82, 2.24) is 0 Å². The quantitative estimate of drug-likeness (QED) is 0.733. The van der Waals surface area contributed by atoms with Crippen LogP contribution in [-0.4, -0.2) is 28.9 Å². The molecule has 0 bridgehead atoms. The Morgan fingerprint density at radius 3 is 2.46 bits per heavy atom. The molecular formula is C19H19ClF3NO4. The van der Waals surface area contributed by atoms with Crippen LogP contribution in [0.5, 0.6) is 5.75 Å². The molecule has 0 spiro atoms. The van der Waals surface area contributed by atoms with Gasteiger partial charge in [-0.25, -0.2) is 4.79 Å². The summed E-state index contributed by atoms with van der Waals surface area (Å²) in [7, 11) is 0. The molecular weight excluding hydrogens is 399 g/mol. The second-order valence-electron chi connectivity index (χ2n) is 6.98. The Hall–Kier alpha value is -2.40. The van der Waals surface area contributed by atoms with E-state index in [4.69, 9.17) is 18.0 Å². The maximum absolute atomic E-state index is 12.5. The number of hydrogen-bond acceptors (Lipinski definition) is 3. The number of halogens is 4. The van der Waals surface area contributed by atoms with E-state index in [0.29, 0.717) is 6.42 Å². The summed E-state index contributed by atoms with van der Waals surface area (Å²) < 4.78 is 41.2. The molecule has 1 aliphatic carbocycles. The van der Waals surface area contributed by atoms with Crippen molar-refractivity contribution in [1.29, 1.82) is 0 Å². The minimum atomic E-state index is -4.95. The number of terminal acetylenes is 1. The number of ether oxygens (including phenoxy) is 1. The standard InChI is InChI=1S/C19H19ClF3NO4/c1-4-16(25)24(18(17(26)27)8-7-11(2)12(3)10-18)13-5-6-15(14(20)9-13)28-19(21,22)23/h1,5-6,9,11-12H,7-8,10H2,2-3H3,(H,26,27). The number of nitrogens with zero attached hydrogens (tertiary/aromatic N) is 1. The van der Waals surface area contributed by atoms with Crippen LogP contribution in [0.1, 0.15) is 33.1 Å². The molecule has 28 heavy (non-hydrogen) atoms. The van der Waals surface area contributed by atoms with Gasteiger partial charge in [-0.15, -0.1) is 19.6 Å². The molecule has 5 nitrogen and oxygen atoms in total. The fraction of sp³-hybridized carbons (Fsp3) is 0.474. The van der Waals surface area contributed by atoms with E-state index in [9.17, 15) is 27.9 Å². The van der Waals surface area contributed by atoms with E-state index in [1.165, 1.54) is 0 Å². The molecule has 0 heterocycles. The van der Waals surface area contributed by atoms with E-state index in [0.717, 1.165) is 23.1 Å². The lowest BCUT2D eigenvalue weighted by Crippen LogP contribution is -2.60. The number of hydrogen-bond donors (Lipinski definition) is 1. The molecule has 1 amide bonds. The molecule has 0 radical (unpaired) electrons. The number of anilines is 1. The Kier molecular flexibility index (Phi) is 6.19. The summed E-state index contributed by atoms with van der Waals surface area (Å²) >= 11 is 5.88. The van der Waals surface area contributed by atoms with Crippen LogP contribution in [-0.2, 0) is 9.59 Å². The summed E-state index contributed by atoms with van der Waals surface area (Å²) in [5, 5.41) is 9.55. The molecule has 0 saturated heterocycles. The summed E-state index contributed by atoms with van der Waals surface area (Å²) in [6, 6.07) is 3.10. The van der Waals surface area contributed by atoms with Crippen molar-refractivity contribution in [2.24, 2.45) is 11.8 Å². The molecule has 1 saturated carbocycles. The number of carboxylic acid groups (broad SMARTS) is 1. The van der Waals surface area contributed by atoms with E-state index >= 15 is 0 Å². The van der Waals surface area contributed by atoms with Gasteiger partial charge in [-0.3, -0.25) is 9.69 Å². The zero-order valence-electron chi connectivity index (χ0n) is 15.2. The van der Waals surface area contributed by atoms with Crippen molar-refractivity contribution >= 4 is 29.2 Å². The van der Waals surface area contributed by atoms with Crippen LogP contribution in [0, 0.1) is 24.2 Å². The fourth-order valence-corrected chi connectivity index (χ4v) is 3.75. The largest absolute Gasteiger partial charge is 0.573 e. The Labute approximate surface area is 165 Å². The summed E-state index contributed by atoms with van der Waals surface area (Å²) in [5.41, 5.74) is -1.63. The second kappa shape index (κ2) is 7.92. The van der Waals surface area contributed by atoms with Crippen molar-refractivity contribution in [3.05, 3.63) is 23.2 Å². The summed E-state index contributed by atoms with van der Waals surface area (Å²) in [6.45, 7) is 3.87. The van der Waals surface area contributed by atoms with Crippen LogP contribution in [0.3, 0.4) is 0 Å². The summed E-state index contributed by atoms with van der Waals surface area (Å²) in [5.74, 6) is -0.666. The lowest BCUT2D eigenvalue weighted by Gasteiger charge is -2.46. The predicted molar refractivity (Wildman–Crippen MR) is 97.0 cm³/mol. The topological polar surface area (TPSA) is 66.8 Å². The average molecular weight is 418 g/mol. The van der Waals surface area contributed by atoms with Gasteiger partial charge in [-0.2, -0.15) is 0 Å². The second-order valence-corrected chi connectivity index (χ2v) is 7.39. The molecule has 0 aromatic heterocycles. The number of aliphatic carboxylic acids is 1. The highest BCUT2D eigenvalue weighted by molar-refractivity contribution is 6.32. The monoisotopic (exact) mass is 417 g/mol. The summed E-state index contributed by atoms with van der Waals surface area (Å²) in [6.07, 6.45) is 1.15. The number of carbonyl (C=O) groups is 2. The number of carboxylic acids is 1. The van der Waals surface area contributed by atoms with Crippen LogP contribution in [0.25, 0.3) is 0 Å². The number of amides is 1. The first kappa shape index (κ1) is 21.9. The van der Waals surface area contributed by atoms with Crippen molar-refractivity contribution in [3.8, 4) is 18.1 Å². The van der Waals surface area contributed by atoms with E-state index in [-0.39, 0.29) is 30.4 Å². The Bertz CT molecular complexity index is 820. The molecule has 1 aliphatic rings. The molecule has 152 valence electrons. The van der Waals surface area contributed by atoms with E-state index in [1.807, 2.05) is 19.8 Å². The molecule has 1 fully saturated rings. The maximum Gasteiger partial charge on any atom is 0.573 e. The van der Waals surface area contributed by atoms with Gasteiger partial charge in [0.25, 0.3) is 0 Å². The van der Waals surface area contributed by atoms with Gasteiger partial charge >= 0.3 is 18.2 Å². The van der Waals surface area contributed by atoms with Gasteiger partial charge < -0.3 is 9.84 Å². The maximum atomic E-state index is 12.5. The first-order valence-electron chi connectivity index (χ1n) is 8.51. The molecule has 9 heteroatoms. The van der Waals surface area contributed by atoms with Crippen LogP contribution in [0.15, 0.2) is 18.2 Å². The van der Waals surface area contributed by atoms with Crippen molar-refractivity contribution in [2.75, 3.05) is 4.90 Å².